The number of halogens is 1. The molecule has 0 unspecified atom stereocenters. The zero-order valence-electron chi connectivity index (χ0n) is 8.94. The number of ether oxygens (including phenoxy) is 1. The number of nitrogens with one attached hydrogen (secondary N) is 1. The number of hydrogen-bond acceptors (Lipinski definition) is 3. The van der Waals surface area contributed by atoms with E-state index in [-0.39, 0.29) is 25.2 Å². The molecule has 1 aromatic rings. The summed E-state index contributed by atoms with van der Waals surface area (Å²) in [6.07, 6.45) is 0. The second-order valence-electron chi connectivity index (χ2n) is 3.37. The zero-order chi connectivity index (χ0) is 12.0. The molecule has 0 aliphatic carbocycles. The lowest BCUT2D eigenvalue weighted by Crippen LogP contribution is -2.38. The first-order valence-electron chi connectivity index (χ1n) is 4.91. The number of aliphatic hydroxyl groups excluding tert-OH is 1. The third-order valence-electron chi connectivity index (χ3n) is 1.88. The predicted molar refractivity (Wildman–Crippen MR) is 64.3 cm³/mol. The molecular formula is C11H14BrNO3. The van der Waals surface area contributed by atoms with Crippen LogP contribution in [0.15, 0.2) is 28.7 Å². The minimum absolute atomic E-state index is 0.0625. The van der Waals surface area contributed by atoms with Crippen molar-refractivity contribution in [2.45, 2.75) is 13.0 Å². The fourth-order valence-corrected chi connectivity index (χ4v) is 1.47. The maximum atomic E-state index is 11.3. The zero-order valence-corrected chi connectivity index (χ0v) is 10.5. The Bertz CT molecular complexity index is 357. The summed E-state index contributed by atoms with van der Waals surface area (Å²) in [7, 11) is 0. The Morgan fingerprint density at radius 3 is 2.88 bits per heavy atom. The molecule has 0 aliphatic rings. The van der Waals surface area contributed by atoms with E-state index in [1.807, 2.05) is 18.2 Å². The van der Waals surface area contributed by atoms with Gasteiger partial charge in [0.05, 0.1) is 11.1 Å². The SMILES string of the molecule is C[C@@H](CO)NC(=O)COc1ccccc1Br. The molecule has 4 nitrogen and oxygen atoms in total. The molecule has 0 spiro atoms. The summed E-state index contributed by atoms with van der Waals surface area (Å²) in [4.78, 5) is 11.3. The van der Waals surface area contributed by atoms with E-state index in [4.69, 9.17) is 9.84 Å². The van der Waals surface area contributed by atoms with Gasteiger partial charge >= 0.3 is 0 Å². The number of carbonyl (C=O) groups is 1. The topological polar surface area (TPSA) is 58.6 Å². The van der Waals surface area contributed by atoms with Crippen LogP contribution in [0.5, 0.6) is 5.75 Å². The molecule has 1 aromatic carbocycles. The van der Waals surface area contributed by atoms with E-state index in [0.29, 0.717) is 5.75 Å². The van der Waals surface area contributed by atoms with Crippen LogP contribution in [-0.4, -0.2) is 30.3 Å². The van der Waals surface area contributed by atoms with Crippen molar-refractivity contribution in [1.29, 1.82) is 0 Å². The lowest BCUT2D eigenvalue weighted by atomic mass is 10.3. The average Bonchev–Trinajstić information content (AvgIpc) is 2.28. The van der Waals surface area contributed by atoms with Crippen LogP contribution in [0.4, 0.5) is 0 Å². The number of aliphatic hydroxyl groups is 1. The second-order valence-corrected chi connectivity index (χ2v) is 4.22. The minimum atomic E-state index is -0.254. The molecule has 0 aliphatic heterocycles. The number of benzene rings is 1. The van der Waals surface area contributed by atoms with E-state index >= 15 is 0 Å². The van der Waals surface area contributed by atoms with Crippen molar-refractivity contribution in [1.82, 2.24) is 5.32 Å². The first-order chi connectivity index (χ1) is 7.63. The summed E-state index contributed by atoms with van der Waals surface area (Å²) >= 11 is 3.31. The fraction of sp³-hybridized carbons (Fsp3) is 0.364. The van der Waals surface area contributed by atoms with Crippen LogP contribution < -0.4 is 10.1 Å². The summed E-state index contributed by atoms with van der Waals surface area (Å²) in [6, 6.07) is 7.05. The van der Waals surface area contributed by atoms with Gasteiger partial charge in [0, 0.05) is 6.04 Å². The maximum absolute atomic E-state index is 11.3. The summed E-state index contributed by atoms with van der Waals surface area (Å²) < 4.78 is 6.11. The van der Waals surface area contributed by atoms with E-state index in [9.17, 15) is 4.79 Å². The van der Waals surface area contributed by atoms with Gasteiger partial charge in [0.15, 0.2) is 6.61 Å². The molecule has 88 valence electrons. The van der Waals surface area contributed by atoms with Crippen molar-refractivity contribution in [3.63, 3.8) is 0 Å². The lowest BCUT2D eigenvalue weighted by molar-refractivity contribution is -0.124. The van der Waals surface area contributed by atoms with Crippen LogP contribution in [0.2, 0.25) is 0 Å². The molecule has 0 radical (unpaired) electrons. The van der Waals surface area contributed by atoms with E-state index < -0.39 is 0 Å². The molecule has 0 aromatic heterocycles. The van der Waals surface area contributed by atoms with Gasteiger partial charge in [0.2, 0.25) is 0 Å². The van der Waals surface area contributed by atoms with Crippen molar-refractivity contribution in [2.75, 3.05) is 13.2 Å². The monoisotopic (exact) mass is 287 g/mol. The summed E-state index contributed by atoms with van der Waals surface area (Å²) in [5, 5.41) is 11.3. The summed E-state index contributed by atoms with van der Waals surface area (Å²) in [5.41, 5.74) is 0. The van der Waals surface area contributed by atoms with Gasteiger partial charge in [-0.15, -0.1) is 0 Å². The molecular weight excluding hydrogens is 274 g/mol. The average molecular weight is 288 g/mol. The van der Waals surface area contributed by atoms with E-state index in [1.54, 1.807) is 13.0 Å². The van der Waals surface area contributed by atoms with Crippen LogP contribution in [0, 0.1) is 0 Å². The molecule has 5 heteroatoms. The van der Waals surface area contributed by atoms with Crippen molar-refractivity contribution in [2.24, 2.45) is 0 Å². The molecule has 0 saturated carbocycles. The van der Waals surface area contributed by atoms with Crippen LogP contribution in [0.1, 0.15) is 6.92 Å². The van der Waals surface area contributed by atoms with Crippen molar-refractivity contribution >= 4 is 21.8 Å². The molecule has 0 bridgehead atoms. The molecule has 1 rings (SSSR count). The number of para-hydroxylation sites is 1. The van der Waals surface area contributed by atoms with Crippen LogP contribution in [0.3, 0.4) is 0 Å². The first kappa shape index (κ1) is 13.0. The normalized spacial score (nSPS) is 11.9. The van der Waals surface area contributed by atoms with Crippen LogP contribution in [0.25, 0.3) is 0 Å². The molecule has 16 heavy (non-hydrogen) atoms. The van der Waals surface area contributed by atoms with Crippen LogP contribution >= 0.6 is 15.9 Å². The standard InChI is InChI=1S/C11H14BrNO3/c1-8(6-14)13-11(15)7-16-10-5-3-2-4-9(10)12/h2-5,8,14H,6-7H2,1H3,(H,13,15)/t8-/m0/s1. The van der Waals surface area contributed by atoms with E-state index in [0.717, 1.165) is 4.47 Å². The van der Waals surface area contributed by atoms with E-state index in [1.165, 1.54) is 0 Å². The van der Waals surface area contributed by atoms with E-state index in [2.05, 4.69) is 21.2 Å². The molecule has 0 fully saturated rings. The minimum Gasteiger partial charge on any atom is -0.483 e. The summed E-state index contributed by atoms with van der Waals surface area (Å²) in [6.45, 7) is 1.57. The highest BCUT2D eigenvalue weighted by molar-refractivity contribution is 9.10. The van der Waals surface area contributed by atoms with Gasteiger partial charge in [-0.25, -0.2) is 0 Å². The fourth-order valence-electron chi connectivity index (χ4n) is 1.07. The van der Waals surface area contributed by atoms with Gasteiger partial charge in [-0.3, -0.25) is 4.79 Å². The van der Waals surface area contributed by atoms with Gasteiger partial charge in [-0.2, -0.15) is 0 Å². The van der Waals surface area contributed by atoms with Crippen LogP contribution in [-0.2, 0) is 4.79 Å². The van der Waals surface area contributed by atoms with Gasteiger partial charge in [-0.05, 0) is 35.0 Å². The number of hydrogen-bond donors (Lipinski definition) is 2. The number of rotatable bonds is 5. The lowest BCUT2D eigenvalue weighted by Gasteiger charge is -2.12. The number of carbonyl (C=O) groups excluding carboxylic acids is 1. The Hall–Kier alpha value is -1.07. The van der Waals surface area contributed by atoms with Crippen molar-refractivity contribution < 1.29 is 14.6 Å². The predicted octanol–water partition coefficient (Wildman–Crippen LogP) is 1.32. The van der Waals surface area contributed by atoms with Gasteiger partial charge in [0.25, 0.3) is 5.91 Å². The maximum Gasteiger partial charge on any atom is 0.258 e. The Morgan fingerprint density at radius 2 is 2.25 bits per heavy atom. The smallest absolute Gasteiger partial charge is 0.258 e. The Morgan fingerprint density at radius 1 is 1.56 bits per heavy atom. The largest absolute Gasteiger partial charge is 0.483 e. The molecule has 1 atom stereocenters. The third kappa shape index (κ3) is 4.20. The van der Waals surface area contributed by atoms with Crippen molar-refractivity contribution in [3.8, 4) is 5.75 Å². The summed E-state index contributed by atoms with van der Waals surface area (Å²) in [5.74, 6) is 0.367. The highest BCUT2D eigenvalue weighted by Gasteiger charge is 2.07. The molecule has 0 saturated heterocycles. The Labute approximate surface area is 103 Å². The molecule has 1 amide bonds. The Balaban J connectivity index is 2.40. The third-order valence-corrected chi connectivity index (χ3v) is 2.53. The van der Waals surface area contributed by atoms with Gasteiger partial charge < -0.3 is 15.2 Å². The van der Waals surface area contributed by atoms with Gasteiger partial charge in [0.1, 0.15) is 5.75 Å². The number of amides is 1. The van der Waals surface area contributed by atoms with Gasteiger partial charge in [-0.1, -0.05) is 12.1 Å². The molecule has 2 N–H and O–H groups in total. The second kappa shape index (κ2) is 6.50. The first-order valence-corrected chi connectivity index (χ1v) is 5.70. The van der Waals surface area contributed by atoms with Crippen molar-refractivity contribution in [3.05, 3.63) is 28.7 Å². The highest BCUT2D eigenvalue weighted by Crippen LogP contribution is 2.23. The Kier molecular flexibility index (Phi) is 5.28. The molecule has 0 heterocycles. The quantitative estimate of drug-likeness (QED) is 0.859. The highest BCUT2D eigenvalue weighted by atomic mass is 79.9.